The Morgan fingerprint density at radius 2 is 1.17 bits per heavy atom. The molecule has 0 fully saturated rings. The quantitative estimate of drug-likeness (QED) is 0.635. The summed E-state index contributed by atoms with van der Waals surface area (Å²) in [6.07, 6.45) is -4.68. The van der Waals surface area contributed by atoms with Crippen molar-refractivity contribution in [3.05, 3.63) is 0 Å². The van der Waals surface area contributed by atoms with Crippen LogP contribution in [0.2, 0.25) is 0 Å². The second-order valence-electron chi connectivity index (χ2n) is 1.89. The molecule has 0 bridgehead atoms. The Morgan fingerprint density at radius 3 is 1.25 bits per heavy atom. The van der Waals surface area contributed by atoms with E-state index in [0.29, 0.717) is 0 Å². The van der Waals surface area contributed by atoms with E-state index in [1.165, 1.54) is 0 Å². The molecule has 2 unspecified atom stereocenters. The Labute approximate surface area is 91.8 Å². The normalized spacial score (nSPS) is 19.0. The Hall–Kier alpha value is 1.24. The molecule has 0 nitrogen and oxygen atoms in total. The van der Waals surface area contributed by atoms with Crippen LogP contribution in [-0.2, 0) is 0 Å². The molecule has 0 aromatic carbocycles. The van der Waals surface area contributed by atoms with Gasteiger partial charge in [0.05, 0.1) is 0 Å². The van der Waals surface area contributed by atoms with E-state index in [-0.39, 0.29) is 0 Å². The first kappa shape index (κ1) is 13.2. The number of hydrogen-bond acceptors (Lipinski definition) is 0. The Bertz CT molecular complexity index is 132. The fourth-order valence-electron chi connectivity index (χ4n) is 0.332. The van der Waals surface area contributed by atoms with Crippen molar-refractivity contribution in [1.29, 1.82) is 0 Å². The van der Waals surface area contributed by atoms with Crippen LogP contribution in [0.15, 0.2) is 0 Å². The van der Waals surface area contributed by atoms with Gasteiger partial charge in [0.25, 0.3) is 0 Å². The highest BCUT2D eigenvalue weighted by molar-refractivity contribution is 6.70. The van der Waals surface area contributed by atoms with Gasteiger partial charge in [-0.2, -0.15) is 13.2 Å². The largest absolute Gasteiger partial charge is 0.406 e. The summed E-state index contributed by atoms with van der Waals surface area (Å²) >= 11 is 25.3. The zero-order chi connectivity index (χ0) is 10.2. The smallest absolute Gasteiger partial charge is 0.169 e. The van der Waals surface area contributed by atoms with Crippen LogP contribution in [0.25, 0.3) is 0 Å². The van der Waals surface area contributed by atoms with Crippen LogP contribution in [0.4, 0.5) is 13.2 Å². The van der Waals surface area contributed by atoms with Gasteiger partial charge in [0.1, 0.15) is 10.8 Å². The van der Waals surface area contributed by atoms with Crippen molar-refractivity contribution in [2.45, 2.75) is 20.7 Å². The van der Waals surface area contributed by atoms with Crippen molar-refractivity contribution in [2.75, 3.05) is 0 Å². The first-order chi connectivity index (χ1) is 5.07. The van der Waals surface area contributed by atoms with Crippen molar-refractivity contribution in [1.82, 2.24) is 0 Å². The van der Waals surface area contributed by atoms with Gasteiger partial charge in [-0.05, 0) is 0 Å². The molecule has 2 atom stereocenters. The SMILES string of the molecule is FC(F)(F)C(Cl)C(Cl)C(Cl)(Cl)Cl. The average Bonchev–Trinajstić information content (AvgIpc) is 1.80. The van der Waals surface area contributed by atoms with Gasteiger partial charge in [0.2, 0.25) is 3.79 Å². The van der Waals surface area contributed by atoms with E-state index in [2.05, 4.69) is 0 Å². The maximum absolute atomic E-state index is 11.8. The minimum atomic E-state index is -4.68. The molecular formula is C4H2Cl5F3. The first-order valence-corrected chi connectivity index (χ1v) is 4.49. The summed E-state index contributed by atoms with van der Waals surface area (Å²) in [7, 11) is 0. The van der Waals surface area contributed by atoms with E-state index >= 15 is 0 Å². The topological polar surface area (TPSA) is 0 Å². The molecule has 0 heterocycles. The fraction of sp³-hybridized carbons (Fsp3) is 1.00. The summed E-state index contributed by atoms with van der Waals surface area (Å²) < 4.78 is 33.3. The Kier molecular flexibility index (Phi) is 4.61. The van der Waals surface area contributed by atoms with E-state index in [0.717, 1.165) is 0 Å². The molecule has 0 aliphatic carbocycles. The van der Waals surface area contributed by atoms with E-state index < -0.39 is 20.7 Å². The Balaban J connectivity index is 4.41. The van der Waals surface area contributed by atoms with Gasteiger partial charge in [-0.15, -0.1) is 23.2 Å². The van der Waals surface area contributed by atoms with Crippen LogP contribution < -0.4 is 0 Å². The molecule has 0 aliphatic heterocycles. The number of alkyl halides is 8. The maximum atomic E-state index is 11.8. The lowest BCUT2D eigenvalue weighted by molar-refractivity contribution is -0.130. The number of rotatable bonds is 1. The molecule has 0 saturated carbocycles. The molecule has 8 heteroatoms. The minimum absolute atomic E-state index is 1.82. The van der Waals surface area contributed by atoms with Crippen LogP contribution in [0.5, 0.6) is 0 Å². The van der Waals surface area contributed by atoms with Gasteiger partial charge in [-0.3, -0.25) is 0 Å². The highest BCUT2D eigenvalue weighted by atomic mass is 35.6. The van der Waals surface area contributed by atoms with Gasteiger partial charge in [0.15, 0.2) is 0 Å². The van der Waals surface area contributed by atoms with Crippen molar-refractivity contribution in [2.24, 2.45) is 0 Å². The average molecular weight is 284 g/mol. The first-order valence-electron chi connectivity index (χ1n) is 2.48. The van der Waals surface area contributed by atoms with Crippen molar-refractivity contribution >= 4 is 58.0 Å². The van der Waals surface area contributed by atoms with Crippen LogP contribution in [-0.4, -0.2) is 20.7 Å². The summed E-state index contributed by atoms with van der Waals surface area (Å²) in [6, 6.07) is 0. The third kappa shape index (κ3) is 3.97. The lowest BCUT2D eigenvalue weighted by Crippen LogP contribution is -2.39. The molecule has 0 rings (SSSR count). The predicted octanol–water partition coefficient (Wildman–Crippen LogP) is 4.13. The van der Waals surface area contributed by atoms with E-state index in [1.807, 2.05) is 0 Å². The molecule has 0 amide bonds. The van der Waals surface area contributed by atoms with Crippen molar-refractivity contribution < 1.29 is 13.2 Å². The van der Waals surface area contributed by atoms with Crippen molar-refractivity contribution in [3.63, 3.8) is 0 Å². The second kappa shape index (κ2) is 4.18. The molecule has 0 radical (unpaired) electrons. The van der Waals surface area contributed by atoms with Crippen LogP contribution in [0.1, 0.15) is 0 Å². The lowest BCUT2D eigenvalue weighted by Gasteiger charge is -2.24. The molecule has 12 heavy (non-hydrogen) atoms. The molecular weight excluding hydrogens is 282 g/mol. The lowest BCUT2D eigenvalue weighted by atomic mass is 10.3. The third-order valence-corrected chi connectivity index (χ3v) is 3.13. The summed E-state index contributed by atoms with van der Waals surface area (Å²) in [4.78, 5) is 0. The minimum Gasteiger partial charge on any atom is -0.169 e. The van der Waals surface area contributed by atoms with Gasteiger partial charge in [-0.1, -0.05) is 34.8 Å². The zero-order valence-corrected chi connectivity index (χ0v) is 8.96. The molecule has 0 aromatic heterocycles. The van der Waals surface area contributed by atoms with Crippen molar-refractivity contribution in [3.8, 4) is 0 Å². The summed E-state index contributed by atoms with van der Waals surface area (Å²) in [5.74, 6) is 0. The standard InChI is InChI=1S/C4H2Cl5F3/c5-1(3(7,8)9)2(6)4(10,11)12/h1-2H. The predicted molar refractivity (Wildman–Crippen MR) is 45.6 cm³/mol. The second-order valence-corrected chi connectivity index (χ2v) is 5.20. The van der Waals surface area contributed by atoms with E-state index in [4.69, 9.17) is 58.0 Å². The molecule has 0 aromatic rings. The third-order valence-electron chi connectivity index (χ3n) is 0.882. The van der Waals surface area contributed by atoms with Crippen LogP contribution in [0.3, 0.4) is 0 Å². The molecule has 0 N–H and O–H groups in total. The van der Waals surface area contributed by atoms with Gasteiger partial charge in [-0.25, -0.2) is 0 Å². The molecule has 0 saturated heterocycles. The highest BCUT2D eigenvalue weighted by Gasteiger charge is 2.50. The maximum Gasteiger partial charge on any atom is 0.406 e. The molecule has 0 spiro atoms. The van der Waals surface area contributed by atoms with Gasteiger partial charge >= 0.3 is 6.18 Å². The summed E-state index contributed by atoms with van der Waals surface area (Å²) in [6.45, 7) is 0. The number of halogens is 8. The Morgan fingerprint density at radius 1 is 0.833 bits per heavy atom. The molecule has 74 valence electrons. The summed E-state index contributed by atoms with van der Waals surface area (Å²) in [5, 5.41) is -4.20. The van der Waals surface area contributed by atoms with Crippen LogP contribution >= 0.6 is 58.0 Å². The van der Waals surface area contributed by atoms with Gasteiger partial charge in [0, 0.05) is 0 Å². The number of hydrogen-bond donors (Lipinski definition) is 0. The monoisotopic (exact) mass is 282 g/mol. The summed E-state index contributed by atoms with van der Waals surface area (Å²) in [5.41, 5.74) is 0. The van der Waals surface area contributed by atoms with Crippen LogP contribution in [0, 0.1) is 0 Å². The zero-order valence-electron chi connectivity index (χ0n) is 5.18. The van der Waals surface area contributed by atoms with E-state index in [1.54, 1.807) is 0 Å². The van der Waals surface area contributed by atoms with E-state index in [9.17, 15) is 13.2 Å². The fourth-order valence-corrected chi connectivity index (χ4v) is 1.24. The van der Waals surface area contributed by atoms with Gasteiger partial charge < -0.3 is 0 Å². The molecule has 0 aliphatic rings. The highest BCUT2D eigenvalue weighted by Crippen LogP contribution is 2.42.